The third-order valence-electron chi connectivity index (χ3n) is 5.17. The van der Waals surface area contributed by atoms with Gasteiger partial charge in [0.05, 0.1) is 7.11 Å². The van der Waals surface area contributed by atoms with Gasteiger partial charge in [-0.15, -0.1) is 0 Å². The van der Waals surface area contributed by atoms with Crippen molar-refractivity contribution in [3.63, 3.8) is 0 Å². The van der Waals surface area contributed by atoms with Gasteiger partial charge < -0.3 is 4.74 Å². The number of nitrogens with zero attached hydrogens (tertiary/aromatic N) is 1. The van der Waals surface area contributed by atoms with E-state index in [4.69, 9.17) is 4.74 Å². The van der Waals surface area contributed by atoms with Gasteiger partial charge in [-0.05, 0) is 60.7 Å². The molecule has 0 amide bonds. The fourth-order valence-corrected chi connectivity index (χ4v) is 3.77. The van der Waals surface area contributed by atoms with Crippen LogP contribution in [0.4, 0.5) is 17.1 Å². The van der Waals surface area contributed by atoms with Crippen molar-refractivity contribution >= 4 is 17.1 Å². The van der Waals surface area contributed by atoms with Gasteiger partial charge in [0.25, 0.3) is 0 Å². The van der Waals surface area contributed by atoms with E-state index in [0.717, 1.165) is 12.3 Å². The summed E-state index contributed by atoms with van der Waals surface area (Å²) >= 11 is 0. The Morgan fingerprint density at radius 1 is 0.536 bits per heavy atom. The smallest absolute Gasteiger partial charge is 0.143 e. The van der Waals surface area contributed by atoms with E-state index in [1.54, 1.807) is 7.11 Å². The summed E-state index contributed by atoms with van der Waals surface area (Å²) in [6.07, 6.45) is 0. The molecule has 0 atom stereocenters. The highest BCUT2D eigenvalue weighted by Crippen LogP contribution is 2.45. The molecular formula is C26H24NO+. The highest BCUT2D eigenvalue weighted by molar-refractivity contribution is 5.70. The highest BCUT2D eigenvalue weighted by Gasteiger charge is 2.36. The van der Waals surface area contributed by atoms with Gasteiger partial charge in [-0.25, -0.2) is 4.48 Å². The predicted molar refractivity (Wildman–Crippen MR) is 117 cm³/mol. The number of methoxy groups -OCH3 is 1. The van der Waals surface area contributed by atoms with Crippen molar-refractivity contribution in [3.8, 4) is 5.75 Å². The molecule has 0 saturated carbocycles. The maximum absolute atomic E-state index is 5.35. The number of para-hydroxylation sites is 3. The normalized spacial score (nSPS) is 11.2. The third-order valence-corrected chi connectivity index (χ3v) is 5.17. The lowest BCUT2D eigenvalue weighted by Gasteiger charge is -2.37. The maximum atomic E-state index is 5.35. The Bertz CT molecular complexity index is 900. The Balaban J connectivity index is 1.95. The molecule has 0 bridgehead atoms. The van der Waals surface area contributed by atoms with E-state index in [-0.39, 0.29) is 0 Å². The molecule has 138 valence electrons. The molecule has 0 spiro atoms. The minimum atomic E-state index is 0.620. The Labute approximate surface area is 166 Å². The monoisotopic (exact) mass is 366 g/mol. The van der Waals surface area contributed by atoms with Gasteiger partial charge in [0.2, 0.25) is 0 Å². The van der Waals surface area contributed by atoms with Crippen LogP contribution in [0.25, 0.3) is 0 Å². The largest absolute Gasteiger partial charge is 0.497 e. The molecule has 28 heavy (non-hydrogen) atoms. The van der Waals surface area contributed by atoms with Crippen LogP contribution in [0, 0.1) is 0 Å². The molecule has 4 aromatic carbocycles. The number of benzene rings is 4. The minimum Gasteiger partial charge on any atom is -0.497 e. The summed E-state index contributed by atoms with van der Waals surface area (Å²) in [4.78, 5) is 0. The second-order valence-electron chi connectivity index (χ2n) is 6.82. The van der Waals surface area contributed by atoms with Gasteiger partial charge in [0.15, 0.2) is 0 Å². The standard InChI is InChI=1S/C26H24NO/c1-28-26-19-17-22(18-20-26)21-27(23-11-5-2-6-12-23,24-13-7-3-8-14-24)25-15-9-4-10-16-25/h2-20H,21H2,1H3/q+1. The van der Waals surface area contributed by atoms with Crippen molar-refractivity contribution in [2.45, 2.75) is 6.54 Å². The molecule has 0 saturated heterocycles. The summed E-state index contributed by atoms with van der Waals surface area (Å²) in [7, 11) is 1.70. The predicted octanol–water partition coefficient (Wildman–Crippen LogP) is 6.87. The third kappa shape index (κ3) is 3.42. The van der Waals surface area contributed by atoms with E-state index in [2.05, 4.69) is 103 Å². The second-order valence-corrected chi connectivity index (χ2v) is 6.82. The molecule has 0 heterocycles. The van der Waals surface area contributed by atoms with Gasteiger partial charge in [-0.1, -0.05) is 54.6 Å². The first kappa shape index (κ1) is 18.0. The van der Waals surface area contributed by atoms with E-state index in [1.165, 1.54) is 22.6 Å². The summed E-state index contributed by atoms with van der Waals surface area (Å²) in [5.74, 6) is 0.876. The molecule has 2 nitrogen and oxygen atoms in total. The van der Waals surface area contributed by atoms with Crippen LogP contribution in [0.15, 0.2) is 115 Å². The van der Waals surface area contributed by atoms with E-state index in [9.17, 15) is 0 Å². The van der Waals surface area contributed by atoms with Crippen LogP contribution in [-0.2, 0) is 6.54 Å². The first-order chi connectivity index (χ1) is 13.8. The van der Waals surface area contributed by atoms with Crippen molar-refractivity contribution < 1.29 is 4.74 Å². The lowest BCUT2D eigenvalue weighted by atomic mass is 10.1. The van der Waals surface area contributed by atoms with Gasteiger partial charge in [-0.2, -0.15) is 0 Å². The summed E-state index contributed by atoms with van der Waals surface area (Å²) in [5, 5.41) is 0. The lowest BCUT2D eigenvalue weighted by molar-refractivity contribution is 0.414. The molecule has 0 aliphatic heterocycles. The molecule has 0 unspecified atom stereocenters. The Morgan fingerprint density at radius 3 is 1.29 bits per heavy atom. The average molecular weight is 366 g/mol. The Kier molecular flexibility index (Phi) is 5.22. The SMILES string of the molecule is COc1ccc(C[N+](c2ccccc2)(c2ccccc2)c2ccccc2)cc1. The molecule has 0 aliphatic rings. The van der Waals surface area contributed by atoms with Crippen molar-refractivity contribution in [1.29, 1.82) is 0 Å². The van der Waals surface area contributed by atoms with Crippen LogP contribution >= 0.6 is 0 Å². The zero-order valence-corrected chi connectivity index (χ0v) is 16.0. The first-order valence-electron chi connectivity index (χ1n) is 9.51. The molecule has 4 rings (SSSR count). The maximum Gasteiger partial charge on any atom is 0.143 e. The van der Waals surface area contributed by atoms with Crippen molar-refractivity contribution in [2.75, 3.05) is 7.11 Å². The summed E-state index contributed by atoms with van der Waals surface area (Å²) < 4.78 is 5.97. The van der Waals surface area contributed by atoms with Crippen LogP contribution in [-0.4, -0.2) is 7.11 Å². The average Bonchev–Trinajstić information content (AvgIpc) is 2.80. The number of rotatable bonds is 6. The van der Waals surface area contributed by atoms with Gasteiger partial charge in [-0.3, -0.25) is 0 Å². The fourth-order valence-electron chi connectivity index (χ4n) is 3.77. The van der Waals surface area contributed by atoms with E-state index in [0.29, 0.717) is 4.48 Å². The Hall–Kier alpha value is -3.36. The van der Waals surface area contributed by atoms with E-state index in [1.807, 2.05) is 12.1 Å². The highest BCUT2D eigenvalue weighted by atomic mass is 16.5. The number of ether oxygens (including phenoxy) is 1. The summed E-state index contributed by atoms with van der Waals surface area (Å²) in [5.41, 5.74) is 4.94. The van der Waals surface area contributed by atoms with Crippen LogP contribution < -0.4 is 9.22 Å². The summed E-state index contributed by atoms with van der Waals surface area (Å²) in [6, 6.07) is 40.5. The van der Waals surface area contributed by atoms with Gasteiger partial charge in [0, 0.05) is 5.56 Å². The van der Waals surface area contributed by atoms with E-state index < -0.39 is 0 Å². The van der Waals surface area contributed by atoms with Crippen LogP contribution in [0.1, 0.15) is 5.56 Å². The minimum absolute atomic E-state index is 0.620. The zero-order chi connectivity index (χ0) is 19.2. The van der Waals surface area contributed by atoms with Crippen molar-refractivity contribution in [1.82, 2.24) is 4.48 Å². The van der Waals surface area contributed by atoms with Crippen molar-refractivity contribution in [2.24, 2.45) is 0 Å². The summed E-state index contributed by atoms with van der Waals surface area (Å²) in [6.45, 7) is 0.808. The fraction of sp³-hybridized carbons (Fsp3) is 0.0769. The van der Waals surface area contributed by atoms with Crippen LogP contribution in [0.2, 0.25) is 0 Å². The molecule has 0 N–H and O–H groups in total. The van der Waals surface area contributed by atoms with Crippen molar-refractivity contribution in [3.05, 3.63) is 121 Å². The number of quaternary nitrogens is 1. The second kappa shape index (κ2) is 8.12. The molecule has 2 heteroatoms. The molecular weight excluding hydrogens is 342 g/mol. The topological polar surface area (TPSA) is 9.23 Å². The zero-order valence-electron chi connectivity index (χ0n) is 16.0. The van der Waals surface area contributed by atoms with Crippen LogP contribution in [0.3, 0.4) is 0 Å². The number of hydrogen-bond donors (Lipinski definition) is 0. The molecule has 0 radical (unpaired) electrons. The first-order valence-corrected chi connectivity index (χ1v) is 9.51. The van der Waals surface area contributed by atoms with E-state index >= 15 is 0 Å². The molecule has 4 aromatic rings. The quantitative estimate of drug-likeness (QED) is 0.338. The van der Waals surface area contributed by atoms with Gasteiger partial charge >= 0.3 is 0 Å². The molecule has 0 fully saturated rings. The lowest BCUT2D eigenvalue weighted by Crippen LogP contribution is -2.38. The molecule has 0 aliphatic carbocycles. The molecule has 0 aromatic heterocycles. The van der Waals surface area contributed by atoms with Gasteiger partial charge in [0.1, 0.15) is 29.4 Å². The number of hydrogen-bond acceptors (Lipinski definition) is 1. The Morgan fingerprint density at radius 2 is 0.929 bits per heavy atom. The van der Waals surface area contributed by atoms with Crippen LogP contribution in [0.5, 0.6) is 5.75 Å².